The SMILES string of the molecule is FC(F)(F)c1cc(-c2ccc3cc(-c4ccc(-c5cccnc5)cc4)cnc3c2)cc(C(F)(F)F)c1. The van der Waals surface area contributed by atoms with Crippen molar-refractivity contribution in [2.75, 3.05) is 0 Å². The molecule has 2 heterocycles. The molecule has 36 heavy (non-hydrogen) atoms. The molecule has 2 nitrogen and oxygen atoms in total. The Morgan fingerprint density at radius 1 is 0.500 bits per heavy atom. The second kappa shape index (κ2) is 8.78. The van der Waals surface area contributed by atoms with Crippen LogP contribution in [0.25, 0.3) is 44.3 Å². The highest BCUT2D eigenvalue weighted by atomic mass is 19.4. The van der Waals surface area contributed by atoms with Gasteiger partial charge in [0.05, 0.1) is 16.6 Å². The Kier molecular flexibility index (Phi) is 5.74. The topological polar surface area (TPSA) is 25.8 Å². The van der Waals surface area contributed by atoms with Gasteiger partial charge in [0.15, 0.2) is 0 Å². The molecule has 8 heteroatoms. The van der Waals surface area contributed by atoms with E-state index in [0.717, 1.165) is 22.3 Å². The van der Waals surface area contributed by atoms with Crippen LogP contribution in [0.1, 0.15) is 11.1 Å². The second-order valence-corrected chi connectivity index (χ2v) is 8.25. The zero-order valence-corrected chi connectivity index (χ0v) is 18.4. The summed E-state index contributed by atoms with van der Waals surface area (Å²) in [6.45, 7) is 0. The number of alkyl halides is 6. The van der Waals surface area contributed by atoms with Crippen LogP contribution in [0, 0.1) is 0 Å². The molecule has 0 bridgehead atoms. The smallest absolute Gasteiger partial charge is 0.264 e. The maximum atomic E-state index is 13.2. The van der Waals surface area contributed by atoms with E-state index < -0.39 is 23.5 Å². The molecule has 5 rings (SSSR count). The molecule has 0 saturated heterocycles. The summed E-state index contributed by atoms with van der Waals surface area (Å²) < 4.78 is 79.5. The van der Waals surface area contributed by atoms with E-state index in [1.807, 2.05) is 42.5 Å². The Morgan fingerprint density at radius 3 is 1.69 bits per heavy atom. The van der Waals surface area contributed by atoms with E-state index in [1.54, 1.807) is 24.7 Å². The highest BCUT2D eigenvalue weighted by Gasteiger charge is 2.37. The van der Waals surface area contributed by atoms with Crippen molar-refractivity contribution in [1.29, 1.82) is 0 Å². The van der Waals surface area contributed by atoms with Crippen LogP contribution in [0.15, 0.2) is 97.5 Å². The van der Waals surface area contributed by atoms with E-state index in [9.17, 15) is 26.3 Å². The molecule has 3 aromatic carbocycles. The van der Waals surface area contributed by atoms with Crippen LogP contribution in [-0.2, 0) is 12.4 Å². The van der Waals surface area contributed by atoms with Crippen molar-refractivity contribution in [2.24, 2.45) is 0 Å². The molecule has 0 unspecified atom stereocenters. The lowest BCUT2D eigenvalue weighted by atomic mass is 9.97. The average Bonchev–Trinajstić information content (AvgIpc) is 2.87. The molecule has 2 aromatic heterocycles. The van der Waals surface area contributed by atoms with E-state index in [4.69, 9.17) is 0 Å². The van der Waals surface area contributed by atoms with Crippen molar-refractivity contribution < 1.29 is 26.3 Å². The molecule has 0 atom stereocenters. The fraction of sp³-hybridized carbons (Fsp3) is 0.0714. The third-order valence-corrected chi connectivity index (χ3v) is 5.82. The second-order valence-electron chi connectivity index (χ2n) is 8.25. The average molecular weight is 494 g/mol. The summed E-state index contributed by atoms with van der Waals surface area (Å²) >= 11 is 0. The number of pyridine rings is 2. The quantitative estimate of drug-likeness (QED) is 0.235. The zero-order chi connectivity index (χ0) is 25.5. The maximum Gasteiger partial charge on any atom is 0.416 e. The molecule has 0 aliphatic heterocycles. The van der Waals surface area contributed by atoms with Gasteiger partial charge in [-0.3, -0.25) is 9.97 Å². The van der Waals surface area contributed by atoms with Crippen molar-refractivity contribution >= 4 is 10.9 Å². The largest absolute Gasteiger partial charge is 0.416 e. The lowest BCUT2D eigenvalue weighted by molar-refractivity contribution is -0.143. The number of nitrogens with zero attached hydrogens (tertiary/aromatic N) is 2. The van der Waals surface area contributed by atoms with Crippen LogP contribution in [0.5, 0.6) is 0 Å². The van der Waals surface area contributed by atoms with Gasteiger partial charge in [-0.05, 0) is 64.2 Å². The summed E-state index contributed by atoms with van der Waals surface area (Å²) in [4.78, 5) is 8.53. The predicted octanol–water partition coefficient (Wildman–Crippen LogP) is 8.67. The third-order valence-electron chi connectivity index (χ3n) is 5.82. The van der Waals surface area contributed by atoms with E-state index >= 15 is 0 Å². The molecular formula is C28H16F6N2. The molecule has 0 N–H and O–H groups in total. The fourth-order valence-electron chi connectivity index (χ4n) is 3.97. The minimum absolute atomic E-state index is 0.120. The molecule has 0 spiro atoms. The fourth-order valence-corrected chi connectivity index (χ4v) is 3.97. The molecular weight excluding hydrogens is 478 g/mol. The van der Waals surface area contributed by atoms with Crippen LogP contribution < -0.4 is 0 Å². The highest BCUT2D eigenvalue weighted by Crippen LogP contribution is 2.39. The molecule has 0 aliphatic carbocycles. The summed E-state index contributed by atoms with van der Waals surface area (Å²) in [5.74, 6) is 0. The lowest BCUT2D eigenvalue weighted by Crippen LogP contribution is -2.11. The lowest BCUT2D eigenvalue weighted by Gasteiger charge is -2.14. The molecule has 5 aromatic rings. The van der Waals surface area contributed by atoms with E-state index in [-0.39, 0.29) is 17.2 Å². The Morgan fingerprint density at radius 2 is 1.11 bits per heavy atom. The number of rotatable bonds is 3. The molecule has 0 radical (unpaired) electrons. The van der Waals surface area contributed by atoms with Gasteiger partial charge in [0, 0.05) is 29.5 Å². The molecule has 0 saturated carbocycles. The van der Waals surface area contributed by atoms with Gasteiger partial charge in [-0.25, -0.2) is 0 Å². The van der Waals surface area contributed by atoms with Gasteiger partial charge in [-0.15, -0.1) is 0 Å². The van der Waals surface area contributed by atoms with Crippen molar-refractivity contribution in [3.8, 4) is 33.4 Å². The van der Waals surface area contributed by atoms with Crippen molar-refractivity contribution in [3.63, 3.8) is 0 Å². The minimum Gasteiger partial charge on any atom is -0.264 e. The summed E-state index contributed by atoms with van der Waals surface area (Å²) in [7, 11) is 0. The Hall–Kier alpha value is -4.20. The zero-order valence-electron chi connectivity index (χ0n) is 18.4. The maximum absolute atomic E-state index is 13.2. The number of benzene rings is 3. The summed E-state index contributed by atoms with van der Waals surface area (Å²) in [6, 6.07) is 19.7. The van der Waals surface area contributed by atoms with Crippen LogP contribution in [0.4, 0.5) is 26.3 Å². The molecule has 0 amide bonds. The highest BCUT2D eigenvalue weighted by molar-refractivity contribution is 5.88. The summed E-state index contributed by atoms with van der Waals surface area (Å²) in [6.07, 6.45) is -4.73. The molecule has 0 fully saturated rings. The molecule has 0 aliphatic rings. The van der Waals surface area contributed by atoms with E-state index in [1.165, 1.54) is 12.1 Å². The van der Waals surface area contributed by atoms with Gasteiger partial charge in [-0.1, -0.05) is 42.5 Å². The van der Waals surface area contributed by atoms with E-state index in [0.29, 0.717) is 23.0 Å². The van der Waals surface area contributed by atoms with Crippen molar-refractivity contribution in [1.82, 2.24) is 9.97 Å². The van der Waals surface area contributed by atoms with E-state index in [2.05, 4.69) is 9.97 Å². The first-order valence-corrected chi connectivity index (χ1v) is 10.8. The van der Waals surface area contributed by atoms with Crippen LogP contribution in [0.2, 0.25) is 0 Å². The van der Waals surface area contributed by atoms with Gasteiger partial charge in [0.1, 0.15) is 0 Å². The van der Waals surface area contributed by atoms with Gasteiger partial charge in [0.2, 0.25) is 0 Å². The monoisotopic (exact) mass is 494 g/mol. The van der Waals surface area contributed by atoms with Gasteiger partial charge >= 0.3 is 12.4 Å². The van der Waals surface area contributed by atoms with Crippen molar-refractivity contribution in [3.05, 3.63) is 109 Å². The predicted molar refractivity (Wildman–Crippen MR) is 126 cm³/mol. The number of hydrogen-bond acceptors (Lipinski definition) is 2. The normalized spacial score (nSPS) is 12.2. The molecule has 180 valence electrons. The van der Waals surface area contributed by atoms with Crippen molar-refractivity contribution in [2.45, 2.75) is 12.4 Å². The first-order valence-electron chi connectivity index (χ1n) is 10.8. The standard InChI is InChI=1S/C28H16F6N2/c29-27(30,31)24-11-22(12-25(14-24)28(32,33)34)19-7-8-20-10-23(16-36-26(20)13-19)18-5-3-17(4-6-18)21-2-1-9-35-15-21/h1-16H. The van der Waals surface area contributed by atoms with Crippen LogP contribution >= 0.6 is 0 Å². The number of hydrogen-bond donors (Lipinski definition) is 0. The van der Waals surface area contributed by atoms with Gasteiger partial charge in [0.25, 0.3) is 0 Å². The van der Waals surface area contributed by atoms with Crippen LogP contribution in [-0.4, -0.2) is 9.97 Å². The number of halogens is 6. The van der Waals surface area contributed by atoms with Gasteiger partial charge in [-0.2, -0.15) is 26.3 Å². The van der Waals surface area contributed by atoms with Crippen LogP contribution in [0.3, 0.4) is 0 Å². The third kappa shape index (κ3) is 4.79. The first-order chi connectivity index (χ1) is 17.1. The number of aromatic nitrogens is 2. The summed E-state index contributed by atoms with van der Waals surface area (Å²) in [5.41, 5.74) is 1.49. The Labute approximate surface area is 201 Å². The minimum atomic E-state index is -4.91. The number of fused-ring (bicyclic) bond motifs is 1. The first kappa shape index (κ1) is 23.5. The van der Waals surface area contributed by atoms with Gasteiger partial charge < -0.3 is 0 Å². The summed E-state index contributed by atoms with van der Waals surface area (Å²) in [5, 5.41) is 0.704. The Bertz CT molecular complexity index is 1510. The Balaban J connectivity index is 1.50.